The highest BCUT2D eigenvalue weighted by Gasteiger charge is 2.28. The van der Waals surface area contributed by atoms with E-state index in [4.69, 9.17) is 4.74 Å². The average molecular weight is 427 g/mol. The van der Waals surface area contributed by atoms with Gasteiger partial charge in [0.05, 0.1) is 12.2 Å². The smallest absolute Gasteiger partial charge is 0.341 e. The van der Waals surface area contributed by atoms with Gasteiger partial charge in [0, 0.05) is 10.4 Å². The molecule has 1 aliphatic carbocycles. The first-order valence-corrected chi connectivity index (χ1v) is 10.9. The van der Waals surface area contributed by atoms with Crippen molar-refractivity contribution >= 4 is 34.3 Å². The Morgan fingerprint density at radius 2 is 2.07 bits per heavy atom. The van der Waals surface area contributed by atoms with Gasteiger partial charge in [-0.3, -0.25) is 4.79 Å². The molecule has 7 heteroatoms. The van der Waals surface area contributed by atoms with Crippen LogP contribution in [0.1, 0.15) is 59.0 Å². The minimum absolute atomic E-state index is 0.147. The number of nitrogens with one attached hydrogen (secondary N) is 1. The zero-order valence-corrected chi connectivity index (χ0v) is 17.6. The summed E-state index contributed by atoms with van der Waals surface area (Å²) in [5.74, 6) is -1.65. The maximum absolute atomic E-state index is 13.9. The van der Waals surface area contributed by atoms with E-state index in [1.54, 1.807) is 6.07 Å². The lowest BCUT2D eigenvalue weighted by Gasteiger charge is -2.12. The highest BCUT2D eigenvalue weighted by atomic mass is 32.1. The fourth-order valence-corrected chi connectivity index (χ4v) is 4.59. The highest BCUT2D eigenvalue weighted by Crippen LogP contribution is 2.38. The number of fused-ring (bicyclic) bond motifs is 1. The molecule has 1 aromatic heterocycles. The highest BCUT2D eigenvalue weighted by molar-refractivity contribution is 7.17. The molecular weight excluding hydrogens is 403 g/mol. The Hall–Kier alpha value is -2.98. The lowest BCUT2D eigenvalue weighted by molar-refractivity contribution is -0.112. The number of nitrogens with zero attached hydrogens (tertiary/aromatic N) is 1. The zero-order valence-electron chi connectivity index (χ0n) is 16.8. The summed E-state index contributed by atoms with van der Waals surface area (Å²) in [6.07, 6.45) is 6.49. The van der Waals surface area contributed by atoms with Gasteiger partial charge < -0.3 is 10.1 Å². The van der Waals surface area contributed by atoms with E-state index in [-0.39, 0.29) is 11.1 Å². The third-order valence-electron chi connectivity index (χ3n) is 4.90. The number of anilines is 1. The van der Waals surface area contributed by atoms with E-state index in [0.717, 1.165) is 49.0 Å². The molecule has 0 saturated carbocycles. The Morgan fingerprint density at radius 3 is 2.80 bits per heavy atom. The molecule has 0 saturated heterocycles. The number of amides is 1. The Morgan fingerprint density at radius 1 is 1.30 bits per heavy atom. The van der Waals surface area contributed by atoms with E-state index >= 15 is 0 Å². The fourth-order valence-electron chi connectivity index (χ4n) is 3.32. The van der Waals surface area contributed by atoms with E-state index in [1.807, 2.05) is 13.0 Å². The summed E-state index contributed by atoms with van der Waals surface area (Å²) in [4.78, 5) is 26.5. The maximum atomic E-state index is 13.9. The number of carbonyl (C=O) groups excluding carboxylic acids is 2. The van der Waals surface area contributed by atoms with E-state index in [1.165, 1.54) is 35.6 Å². The summed E-state index contributed by atoms with van der Waals surface area (Å²) in [6, 6.07) is 7.73. The largest absolute Gasteiger partial charge is 0.462 e. The van der Waals surface area contributed by atoms with Crippen LogP contribution in [-0.4, -0.2) is 18.5 Å². The number of esters is 1. The number of ether oxygens (including phenoxy) is 1. The van der Waals surface area contributed by atoms with Gasteiger partial charge in [0.25, 0.3) is 5.91 Å². The second-order valence-electron chi connectivity index (χ2n) is 7.05. The van der Waals surface area contributed by atoms with Crippen molar-refractivity contribution in [2.24, 2.45) is 0 Å². The van der Waals surface area contributed by atoms with Gasteiger partial charge >= 0.3 is 5.97 Å². The molecule has 0 bridgehead atoms. The van der Waals surface area contributed by atoms with Gasteiger partial charge in [-0.1, -0.05) is 31.5 Å². The Bertz CT molecular complexity index is 1020. The summed E-state index contributed by atoms with van der Waals surface area (Å²) in [5, 5.41) is 12.5. The van der Waals surface area contributed by atoms with Gasteiger partial charge in [0.15, 0.2) is 0 Å². The van der Waals surface area contributed by atoms with Crippen LogP contribution in [-0.2, 0) is 22.4 Å². The predicted octanol–water partition coefficient (Wildman–Crippen LogP) is 5.27. The number of aryl methyl sites for hydroxylation is 1. The number of benzene rings is 1. The molecule has 1 N–H and O–H groups in total. The fraction of sp³-hybridized carbons (Fsp3) is 0.348. The number of halogens is 1. The van der Waals surface area contributed by atoms with Crippen molar-refractivity contribution in [2.45, 2.75) is 45.4 Å². The average Bonchev–Trinajstić information content (AvgIpc) is 3.11. The lowest BCUT2D eigenvalue weighted by Crippen LogP contribution is -2.17. The van der Waals surface area contributed by atoms with Crippen molar-refractivity contribution in [1.29, 1.82) is 5.26 Å². The molecule has 0 aliphatic heterocycles. The number of nitriles is 1. The van der Waals surface area contributed by atoms with Crippen molar-refractivity contribution in [3.05, 3.63) is 57.2 Å². The summed E-state index contributed by atoms with van der Waals surface area (Å²) in [5.41, 5.74) is 1.23. The Balaban J connectivity index is 1.89. The van der Waals surface area contributed by atoms with Gasteiger partial charge in [-0.05, 0) is 49.8 Å². The van der Waals surface area contributed by atoms with Gasteiger partial charge in [-0.2, -0.15) is 5.26 Å². The number of hydrogen-bond acceptors (Lipinski definition) is 5. The molecular formula is C23H23FN2O3S. The Labute approximate surface area is 179 Å². The second kappa shape index (κ2) is 10.2. The van der Waals surface area contributed by atoms with Crippen molar-refractivity contribution < 1.29 is 18.7 Å². The van der Waals surface area contributed by atoms with Crippen LogP contribution < -0.4 is 5.32 Å². The first-order chi connectivity index (χ1) is 14.5. The molecule has 1 aromatic carbocycles. The quantitative estimate of drug-likeness (QED) is 0.283. The molecule has 1 heterocycles. The minimum Gasteiger partial charge on any atom is -0.462 e. The Kier molecular flexibility index (Phi) is 7.36. The molecule has 156 valence electrons. The van der Waals surface area contributed by atoms with E-state index in [9.17, 15) is 19.2 Å². The molecule has 0 fully saturated rings. The number of thiophene rings is 1. The minimum atomic E-state index is -0.679. The van der Waals surface area contributed by atoms with Gasteiger partial charge in [0.1, 0.15) is 22.5 Å². The van der Waals surface area contributed by atoms with E-state index in [0.29, 0.717) is 17.2 Å². The molecule has 30 heavy (non-hydrogen) atoms. The predicted molar refractivity (Wildman–Crippen MR) is 115 cm³/mol. The standard InChI is InChI=1S/C23H23FN2O3S/c1-2-3-12-29-23(28)20-17-9-5-7-11-19(17)30-22(20)26-21(27)16(14-25)13-15-8-4-6-10-18(15)24/h4,6,8,10,13H,2-3,5,7,9,11-12H2,1H3,(H,26,27). The van der Waals surface area contributed by atoms with Crippen molar-refractivity contribution in [2.75, 3.05) is 11.9 Å². The van der Waals surface area contributed by atoms with Crippen LogP contribution in [0, 0.1) is 17.1 Å². The van der Waals surface area contributed by atoms with Gasteiger partial charge in [0.2, 0.25) is 0 Å². The molecule has 0 unspecified atom stereocenters. The van der Waals surface area contributed by atoms with Crippen LogP contribution in [0.5, 0.6) is 0 Å². The molecule has 0 atom stereocenters. The van der Waals surface area contributed by atoms with Gasteiger partial charge in [-0.15, -0.1) is 11.3 Å². The SMILES string of the molecule is CCCCOC(=O)c1c(NC(=O)C(C#N)=Cc2ccccc2F)sc2c1CCCC2. The molecule has 1 aliphatic rings. The first-order valence-electron chi connectivity index (χ1n) is 10.0. The molecule has 1 amide bonds. The van der Waals surface area contributed by atoms with Crippen LogP contribution in [0.2, 0.25) is 0 Å². The monoisotopic (exact) mass is 426 g/mol. The maximum Gasteiger partial charge on any atom is 0.341 e. The van der Waals surface area contributed by atoms with Crippen LogP contribution in [0.3, 0.4) is 0 Å². The lowest BCUT2D eigenvalue weighted by atomic mass is 9.95. The van der Waals surface area contributed by atoms with Crippen molar-refractivity contribution in [3.63, 3.8) is 0 Å². The summed E-state index contributed by atoms with van der Waals surface area (Å²) in [7, 11) is 0. The number of unbranched alkanes of at least 4 members (excludes halogenated alkanes) is 1. The second-order valence-corrected chi connectivity index (χ2v) is 8.16. The van der Waals surface area contributed by atoms with Crippen LogP contribution >= 0.6 is 11.3 Å². The van der Waals surface area contributed by atoms with E-state index < -0.39 is 17.7 Å². The number of carbonyl (C=O) groups is 2. The zero-order chi connectivity index (χ0) is 21.5. The third-order valence-corrected chi connectivity index (χ3v) is 6.11. The third kappa shape index (κ3) is 4.95. The summed E-state index contributed by atoms with van der Waals surface area (Å²) < 4.78 is 19.3. The number of rotatable bonds is 7. The number of hydrogen-bond donors (Lipinski definition) is 1. The molecule has 0 radical (unpaired) electrons. The first kappa shape index (κ1) is 21.7. The molecule has 5 nitrogen and oxygen atoms in total. The molecule has 0 spiro atoms. The molecule has 2 aromatic rings. The topological polar surface area (TPSA) is 79.2 Å². The van der Waals surface area contributed by atoms with Crippen molar-refractivity contribution in [3.8, 4) is 6.07 Å². The normalized spacial score (nSPS) is 13.3. The van der Waals surface area contributed by atoms with E-state index in [2.05, 4.69) is 5.32 Å². The van der Waals surface area contributed by atoms with Crippen LogP contribution in [0.15, 0.2) is 29.8 Å². The van der Waals surface area contributed by atoms with Crippen LogP contribution in [0.25, 0.3) is 6.08 Å². The van der Waals surface area contributed by atoms with Gasteiger partial charge in [-0.25, -0.2) is 9.18 Å². The summed E-state index contributed by atoms with van der Waals surface area (Å²) >= 11 is 1.35. The van der Waals surface area contributed by atoms with Crippen molar-refractivity contribution in [1.82, 2.24) is 0 Å². The molecule has 3 rings (SSSR count). The summed E-state index contributed by atoms with van der Waals surface area (Å²) in [6.45, 7) is 2.33. The van der Waals surface area contributed by atoms with Crippen LogP contribution in [0.4, 0.5) is 9.39 Å².